The van der Waals surface area contributed by atoms with E-state index in [4.69, 9.17) is 4.74 Å². The lowest BCUT2D eigenvalue weighted by Crippen LogP contribution is -2.26. The number of rotatable bonds is 3. The molecule has 1 aliphatic carbocycles. The maximum atomic E-state index is 11.9. The number of ether oxygens (including phenoxy) is 1. The summed E-state index contributed by atoms with van der Waals surface area (Å²) < 4.78 is 5.48. The van der Waals surface area contributed by atoms with E-state index in [1.165, 1.54) is 11.1 Å². The summed E-state index contributed by atoms with van der Waals surface area (Å²) in [5.74, 6) is 0.166. The van der Waals surface area contributed by atoms with Gasteiger partial charge in [-0.25, -0.2) is 4.79 Å². The monoisotopic (exact) mass is 258 g/mol. The highest BCUT2D eigenvalue weighted by Crippen LogP contribution is 2.46. The molecule has 19 heavy (non-hydrogen) atoms. The maximum absolute atomic E-state index is 11.9. The molecular weight excluding hydrogens is 236 g/mol. The molecule has 0 saturated carbocycles. The Morgan fingerprint density at radius 2 is 1.89 bits per heavy atom. The van der Waals surface area contributed by atoms with Gasteiger partial charge in [-0.15, -0.1) is 0 Å². The predicted molar refractivity (Wildman–Crippen MR) is 77.0 cm³/mol. The maximum Gasteiger partial charge on any atom is 0.338 e. The highest BCUT2D eigenvalue weighted by molar-refractivity contribution is 5.89. The Morgan fingerprint density at radius 1 is 1.26 bits per heavy atom. The normalized spacial score (nSPS) is 21.6. The van der Waals surface area contributed by atoms with Crippen LogP contribution < -0.4 is 0 Å². The van der Waals surface area contributed by atoms with Gasteiger partial charge in [0.1, 0.15) is 0 Å². The molecule has 0 radical (unpaired) electrons. The van der Waals surface area contributed by atoms with Crippen molar-refractivity contribution < 1.29 is 9.53 Å². The first kappa shape index (κ1) is 13.9. The summed E-state index contributed by atoms with van der Waals surface area (Å²) in [6.07, 6.45) is 1.03. The second-order valence-corrected chi connectivity index (χ2v) is 5.99. The Labute approximate surface area is 115 Å². The Morgan fingerprint density at radius 3 is 2.42 bits per heavy atom. The minimum absolute atomic E-state index is 0.126. The van der Waals surface area contributed by atoms with Gasteiger partial charge in [0, 0.05) is 5.92 Å². The lowest BCUT2D eigenvalue weighted by molar-refractivity contribution is 0.0369. The molecule has 0 aliphatic heterocycles. The van der Waals surface area contributed by atoms with Crippen LogP contribution in [0.1, 0.15) is 44.5 Å². The smallest absolute Gasteiger partial charge is 0.338 e. The Hall–Kier alpha value is -1.57. The standard InChI is InChI=1S/C17H22O2/c1-12-10-15(17(3,4)13(12)2)11-19-16(18)14-8-6-5-7-9-14/h5-9,15H,10-11H2,1-4H3. The third-order valence-electron chi connectivity index (χ3n) is 4.60. The summed E-state index contributed by atoms with van der Waals surface area (Å²) in [6, 6.07) is 9.18. The van der Waals surface area contributed by atoms with E-state index < -0.39 is 0 Å². The lowest BCUT2D eigenvalue weighted by Gasteiger charge is -2.29. The van der Waals surface area contributed by atoms with Crippen molar-refractivity contribution in [3.05, 3.63) is 47.0 Å². The largest absolute Gasteiger partial charge is 0.462 e. The average Bonchev–Trinajstić information content (AvgIpc) is 2.60. The summed E-state index contributed by atoms with van der Waals surface area (Å²) in [7, 11) is 0. The van der Waals surface area contributed by atoms with Crippen LogP contribution in [-0.4, -0.2) is 12.6 Å². The first-order chi connectivity index (χ1) is 8.93. The average molecular weight is 258 g/mol. The number of hydrogen-bond donors (Lipinski definition) is 0. The molecule has 2 heteroatoms. The predicted octanol–water partition coefficient (Wildman–Crippen LogP) is 4.23. The van der Waals surface area contributed by atoms with Crippen LogP contribution in [-0.2, 0) is 4.74 Å². The summed E-state index contributed by atoms with van der Waals surface area (Å²) in [4.78, 5) is 11.9. The van der Waals surface area contributed by atoms with Gasteiger partial charge >= 0.3 is 5.97 Å². The zero-order valence-electron chi connectivity index (χ0n) is 12.2. The molecule has 0 amide bonds. The second-order valence-electron chi connectivity index (χ2n) is 5.99. The molecule has 2 nitrogen and oxygen atoms in total. The zero-order chi connectivity index (χ0) is 14.0. The van der Waals surface area contributed by atoms with Gasteiger partial charge in [-0.2, -0.15) is 0 Å². The van der Waals surface area contributed by atoms with Gasteiger partial charge in [-0.05, 0) is 37.8 Å². The Balaban J connectivity index is 1.96. The molecule has 0 N–H and O–H groups in total. The highest BCUT2D eigenvalue weighted by atomic mass is 16.5. The van der Waals surface area contributed by atoms with E-state index in [9.17, 15) is 4.79 Å². The van der Waals surface area contributed by atoms with Crippen molar-refractivity contribution in [3.8, 4) is 0 Å². The third kappa shape index (κ3) is 2.73. The van der Waals surface area contributed by atoms with Crippen molar-refractivity contribution in [2.24, 2.45) is 11.3 Å². The number of carbonyl (C=O) groups excluding carboxylic acids is 1. The van der Waals surface area contributed by atoms with Gasteiger partial charge in [0.2, 0.25) is 0 Å². The summed E-state index contributed by atoms with van der Waals surface area (Å²) in [6.45, 7) is 9.33. The van der Waals surface area contributed by atoms with E-state index in [1.807, 2.05) is 18.2 Å². The summed E-state index contributed by atoms with van der Waals surface area (Å²) in [5, 5.41) is 0. The van der Waals surface area contributed by atoms with Crippen molar-refractivity contribution in [2.75, 3.05) is 6.61 Å². The fourth-order valence-corrected chi connectivity index (χ4v) is 2.74. The van der Waals surface area contributed by atoms with Crippen LogP contribution in [0.5, 0.6) is 0 Å². The molecule has 1 atom stereocenters. The Bertz CT molecular complexity index is 497. The molecule has 1 aromatic carbocycles. The molecule has 0 bridgehead atoms. The van der Waals surface area contributed by atoms with Crippen molar-refractivity contribution in [1.29, 1.82) is 0 Å². The van der Waals surface area contributed by atoms with Crippen molar-refractivity contribution in [1.82, 2.24) is 0 Å². The molecule has 102 valence electrons. The quantitative estimate of drug-likeness (QED) is 0.599. The Kier molecular flexibility index (Phi) is 3.79. The minimum atomic E-state index is -0.224. The van der Waals surface area contributed by atoms with Crippen LogP contribution in [0.25, 0.3) is 0 Å². The summed E-state index contributed by atoms with van der Waals surface area (Å²) in [5.41, 5.74) is 3.62. The topological polar surface area (TPSA) is 26.3 Å². The molecule has 1 aromatic rings. The first-order valence-corrected chi connectivity index (χ1v) is 6.82. The molecule has 0 fully saturated rings. The van der Waals surface area contributed by atoms with Crippen molar-refractivity contribution in [2.45, 2.75) is 34.1 Å². The fourth-order valence-electron chi connectivity index (χ4n) is 2.74. The van der Waals surface area contributed by atoms with Crippen molar-refractivity contribution in [3.63, 3.8) is 0 Å². The zero-order valence-corrected chi connectivity index (χ0v) is 12.2. The third-order valence-corrected chi connectivity index (χ3v) is 4.60. The van der Waals surface area contributed by atoms with E-state index in [2.05, 4.69) is 27.7 Å². The molecule has 1 aliphatic rings. The van der Waals surface area contributed by atoms with E-state index in [0.29, 0.717) is 18.1 Å². The van der Waals surface area contributed by atoms with Gasteiger partial charge in [-0.1, -0.05) is 43.2 Å². The lowest BCUT2D eigenvalue weighted by atomic mass is 9.78. The minimum Gasteiger partial charge on any atom is -0.462 e. The van der Waals surface area contributed by atoms with Crippen molar-refractivity contribution >= 4 is 5.97 Å². The second kappa shape index (κ2) is 5.20. The molecule has 2 rings (SSSR count). The van der Waals surface area contributed by atoms with Gasteiger partial charge in [-0.3, -0.25) is 0 Å². The van der Waals surface area contributed by atoms with Crippen LogP contribution >= 0.6 is 0 Å². The number of carbonyl (C=O) groups is 1. The molecular formula is C17H22O2. The number of hydrogen-bond acceptors (Lipinski definition) is 2. The van der Waals surface area contributed by atoms with Crippen LogP contribution in [0, 0.1) is 11.3 Å². The molecule has 0 spiro atoms. The molecule has 0 aromatic heterocycles. The van der Waals surface area contributed by atoms with Crippen LogP contribution in [0.3, 0.4) is 0 Å². The number of allylic oxidation sites excluding steroid dienone is 2. The van der Waals surface area contributed by atoms with E-state index in [0.717, 1.165) is 6.42 Å². The van der Waals surface area contributed by atoms with Gasteiger partial charge < -0.3 is 4.74 Å². The molecule has 0 saturated heterocycles. The van der Waals surface area contributed by atoms with Crippen LogP contribution in [0.4, 0.5) is 0 Å². The SMILES string of the molecule is CC1=C(C)C(C)(C)C(COC(=O)c2ccccc2)C1. The van der Waals surface area contributed by atoms with Gasteiger partial charge in [0.25, 0.3) is 0 Å². The van der Waals surface area contributed by atoms with Crippen LogP contribution in [0.15, 0.2) is 41.5 Å². The first-order valence-electron chi connectivity index (χ1n) is 6.82. The van der Waals surface area contributed by atoms with Gasteiger partial charge in [0.05, 0.1) is 12.2 Å². The van der Waals surface area contributed by atoms with Crippen LogP contribution in [0.2, 0.25) is 0 Å². The fraction of sp³-hybridized carbons (Fsp3) is 0.471. The number of esters is 1. The highest BCUT2D eigenvalue weighted by Gasteiger charge is 2.38. The number of benzene rings is 1. The van der Waals surface area contributed by atoms with E-state index in [-0.39, 0.29) is 11.4 Å². The molecule has 1 unspecified atom stereocenters. The molecule has 0 heterocycles. The van der Waals surface area contributed by atoms with E-state index in [1.54, 1.807) is 12.1 Å². The summed E-state index contributed by atoms with van der Waals surface area (Å²) >= 11 is 0. The van der Waals surface area contributed by atoms with E-state index >= 15 is 0 Å². The van der Waals surface area contributed by atoms with Gasteiger partial charge in [0.15, 0.2) is 0 Å².